The van der Waals surface area contributed by atoms with Gasteiger partial charge in [0.25, 0.3) is 0 Å². The van der Waals surface area contributed by atoms with Gasteiger partial charge in [0.2, 0.25) is 11.8 Å². The number of halogens is 2. The molecule has 7 heteroatoms. The van der Waals surface area contributed by atoms with E-state index in [1.54, 1.807) is 18.2 Å². The smallest absolute Gasteiger partial charge is 0.249 e. The van der Waals surface area contributed by atoms with Crippen LogP contribution in [0.25, 0.3) is 0 Å². The number of hydrogen-bond donors (Lipinski definition) is 2. The van der Waals surface area contributed by atoms with Crippen molar-refractivity contribution in [1.29, 1.82) is 0 Å². The first-order chi connectivity index (χ1) is 13.5. The molecule has 0 aliphatic carbocycles. The number of carbonyl (C=O) groups is 2. The summed E-state index contributed by atoms with van der Waals surface area (Å²) in [6.45, 7) is 6.62. The second-order valence-electron chi connectivity index (χ2n) is 8.69. The van der Waals surface area contributed by atoms with Crippen LogP contribution >= 0.6 is 23.2 Å². The number of carbonyl (C=O) groups excluding carboxylic acids is 2. The molecular formula is C22H25Cl2N3O2. The van der Waals surface area contributed by atoms with Gasteiger partial charge in [0.05, 0.1) is 6.54 Å². The average molecular weight is 434 g/mol. The van der Waals surface area contributed by atoms with Crippen molar-refractivity contribution in [3.63, 3.8) is 0 Å². The maximum Gasteiger partial charge on any atom is 0.249 e. The first-order valence-corrected chi connectivity index (χ1v) is 10.2. The molecule has 3 rings (SSSR count). The number of nitrogens with one attached hydrogen (secondary N) is 1. The van der Waals surface area contributed by atoms with Gasteiger partial charge < -0.3 is 11.1 Å². The molecule has 1 aliphatic heterocycles. The lowest BCUT2D eigenvalue weighted by Gasteiger charge is -2.42. The van der Waals surface area contributed by atoms with Gasteiger partial charge in [-0.3, -0.25) is 14.5 Å². The molecule has 29 heavy (non-hydrogen) atoms. The zero-order valence-electron chi connectivity index (χ0n) is 16.8. The molecule has 0 spiro atoms. The van der Waals surface area contributed by atoms with E-state index in [-0.39, 0.29) is 17.9 Å². The van der Waals surface area contributed by atoms with Gasteiger partial charge in [-0.15, -0.1) is 0 Å². The van der Waals surface area contributed by atoms with E-state index in [0.29, 0.717) is 28.7 Å². The summed E-state index contributed by atoms with van der Waals surface area (Å²) in [5.74, 6) is -0.699. The van der Waals surface area contributed by atoms with Crippen LogP contribution < -0.4 is 11.1 Å². The average Bonchev–Trinajstić information content (AvgIpc) is 2.84. The molecule has 0 fully saturated rings. The predicted molar refractivity (Wildman–Crippen MR) is 117 cm³/mol. The second kappa shape index (κ2) is 7.98. The van der Waals surface area contributed by atoms with Crippen LogP contribution in [-0.2, 0) is 21.5 Å². The van der Waals surface area contributed by atoms with Crippen LogP contribution in [0, 0.1) is 5.41 Å². The van der Waals surface area contributed by atoms with Crippen LogP contribution in [0.5, 0.6) is 0 Å². The number of primary amides is 1. The lowest BCUT2D eigenvalue weighted by atomic mass is 9.81. The van der Waals surface area contributed by atoms with Crippen LogP contribution in [-0.4, -0.2) is 29.8 Å². The van der Waals surface area contributed by atoms with E-state index < -0.39 is 11.4 Å². The normalized spacial score (nSPS) is 18.6. The number of nitrogens with two attached hydrogens (primary N) is 1. The van der Waals surface area contributed by atoms with Gasteiger partial charge in [0.1, 0.15) is 5.54 Å². The van der Waals surface area contributed by atoms with Crippen molar-refractivity contribution in [1.82, 2.24) is 4.90 Å². The summed E-state index contributed by atoms with van der Waals surface area (Å²) >= 11 is 12.4. The molecule has 2 amide bonds. The fourth-order valence-corrected chi connectivity index (χ4v) is 4.34. The fraction of sp³-hybridized carbons (Fsp3) is 0.364. The highest BCUT2D eigenvalue weighted by molar-refractivity contribution is 6.31. The van der Waals surface area contributed by atoms with Crippen molar-refractivity contribution < 1.29 is 9.59 Å². The van der Waals surface area contributed by atoms with Crippen molar-refractivity contribution in [3.8, 4) is 0 Å². The standard InChI is InChI=1S/C22H25Cl2N3O2/c1-21(2,3)13-27(12-19(25)28)22(11-14-5-4-6-15(23)9-14)17-8-7-16(24)10-18(17)26-20(22)29/h4-10H,11-13H2,1-3H3,(H2,25,28)(H,26,29). The van der Waals surface area contributed by atoms with E-state index in [0.717, 1.165) is 11.1 Å². The molecule has 1 aliphatic rings. The topological polar surface area (TPSA) is 75.4 Å². The Kier molecular flexibility index (Phi) is 5.95. The van der Waals surface area contributed by atoms with Gasteiger partial charge in [-0.1, -0.05) is 62.2 Å². The molecule has 0 bridgehead atoms. The Labute approximate surface area is 181 Å². The molecule has 1 heterocycles. The van der Waals surface area contributed by atoms with Crippen LogP contribution in [0.15, 0.2) is 42.5 Å². The molecule has 1 atom stereocenters. The molecule has 1 unspecified atom stereocenters. The molecule has 0 radical (unpaired) electrons. The first-order valence-electron chi connectivity index (χ1n) is 9.40. The summed E-state index contributed by atoms with van der Waals surface area (Å²) in [7, 11) is 0. The summed E-state index contributed by atoms with van der Waals surface area (Å²) in [6, 6.07) is 12.7. The largest absolute Gasteiger partial charge is 0.369 e. The number of anilines is 1. The van der Waals surface area contributed by atoms with Crippen LogP contribution in [0.2, 0.25) is 10.0 Å². The minimum absolute atomic E-state index is 0.0483. The highest BCUT2D eigenvalue weighted by Gasteiger charge is 2.52. The number of rotatable bonds is 6. The minimum Gasteiger partial charge on any atom is -0.369 e. The van der Waals surface area contributed by atoms with E-state index in [4.69, 9.17) is 28.9 Å². The van der Waals surface area contributed by atoms with Gasteiger partial charge in [-0.2, -0.15) is 0 Å². The SMILES string of the molecule is CC(C)(C)CN(CC(N)=O)C1(Cc2cccc(Cl)c2)C(=O)Nc2cc(Cl)ccc21. The van der Waals surface area contributed by atoms with Crippen molar-refractivity contribution >= 4 is 40.7 Å². The van der Waals surface area contributed by atoms with Gasteiger partial charge in [0.15, 0.2) is 0 Å². The Morgan fingerprint density at radius 1 is 1.14 bits per heavy atom. The maximum atomic E-state index is 13.5. The van der Waals surface area contributed by atoms with E-state index >= 15 is 0 Å². The number of amides is 2. The molecule has 0 aromatic heterocycles. The minimum atomic E-state index is -1.10. The van der Waals surface area contributed by atoms with Crippen LogP contribution in [0.3, 0.4) is 0 Å². The first kappa shape index (κ1) is 21.6. The van der Waals surface area contributed by atoms with Gasteiger partial charge in [-0.25, -0.2) is 0 Å². The zero-order valence-corrected chi connectivity index (χ0v) is 18.3. The summed E-state index contributed by atoms with van der Waals surface area (Å²) < 4.78 is 0. The lowest BCUT2D eigenvalue weighted by Crippen LogP contribution is -2.57. The molecule has 2 aromatic carbocycles. The lowest BCUT2D eigenvalue weighted by molar-refractivity contribution is -0.132. The predicted octanol–water partition coefficient (Wildman–Crippen LogP) is 4.22. The van der Waals surface area contributed by atoms with Crippen LogP contribution in [0.1, 0.15) is 31.9 Å². The molecule has 2 aromatic rings. The number of fused-ring (bicyclic) bond motifs is 1. The molecule has 0 saturated heterocycles. The Morgan fingerprint density at radius 2 is 1.83 bits per heavy atom. The van der Waals surface area contributed by atoms with E-state index in [9.17, 15) is 9.59 Å². The second-order valence-corrected chi connectivity index (χ2v) is 9.57. The molecular weight excluding hydrogens is 409 g/mol. The fourth-order valence-electron chi connectivity index (χ4n) is 3.96. The van der Waals surface area contributed by atoms with Crippen molar-refractivity contribution in [3.05, 3.63) is 63.6 Å². The molecule has 3 N–H and O–H groups in total. The Hall–Kier alpha value is -2.08. The Balaban J connectivity index is 2.20. The van der Waals surface area contributed by atoms with Crippen molar-refractivity contribution in [2.45, 2.75) is 32.7 Å². The van der Waals surface area contributed by atoms with Crippen LogP contribution in [0.4, 0.5) is 5.69 Å². The van der Waals surface area contributed by atoms with Crippen molar-refractivity contribution in [2.75, 3.05) is 18.4 Å². The highest BCUT2D eigenvalue weighted by Crippen LogP contribution is 2.45. The van der Waals surface area contributed by atoms with E-state index in [2.05, 4.69) is 26.1 Å². The third-order valence-electron chi connectivity index (χ3n) is 4.95. The summed E-state index contributed by atoms with van der Waals surface area (Å²) in [6.07, 6.45) is 0.345. The number of nitrogens with zero attached hydrogens (tertiary/aromatic N) is 1. The molecule has 5 nitrogen and oxygen atoms in total. The van der Waals surface area contributed by atoms with E-state index in [1.807, 2.05) is 29.2 Å². The van der Waals surface area contributed by atoms with Gasteiger partial charge >= 0.3 is 0 Å². The van der Waals surface area contributed by atoms with Crippen molar-refractivity contribution in [2.24, 2.45) is 11.1 Å². The Morgan fingerprint density at radius 3 is 2.45 bits per heavy atom. The van der Waals surface area contributed by atoms with Gasteiger partial charge in [-0.05, 0) is 35.2 Å². The highest BCUT2D eigenvalue weighted by atomic mass is 35.5. The summed E-state index contributed by atoms with van der Waals surface area (Å²) in [5.41, 5.74) is 6.62. The van der Waals surface area contributed by atoms with E-state index in [1.165, 1.54) is 0 Å². The maximum absolute atomic E-state index is 13.5. The quantitative estimate of drug-likeness (QED) is 0.715. The molecule has 0 saturated carbocycles. The summed E-state index contributed by atoms with van der Waals surface area (Å²) in [5, 5.41) is 4.07. The monoisotopic (exact) mass is 433 g/mol. The summed E-state index contributed by atoms with van der Waals surface area (Å²) in [4.78, 5) is 27.3. The molecule has 154 valence electrons. The third-order valence-corrected chi connectivity index (χ3v) is 5.42. The number of benzene rings is 2. The number of hydrogen-bond acceptors (Lipinski definition) is 3. The van der Waals surface area contributed by atoms with Gasteiger partial charge in [0, 0.05) is 34.3 Å². The zero-order chi connectivity index (χ0) is 21.4. The Bertz CT molecular complexity index is 955. The third kappa shape index (κ3) is 4.58.